The fourth-order valence-electron chi connectivity index (χ4n) is 2.09. The third kappa shape index (κ3) is 4.51. The van der Waals surface area contributed by atoms with E-state index in [-0.39, 0.29) is 5.82 Å². The summed E-state index contributed by atoms with van der Waals surface area (Å²) in [7, 11) is 1.98. The Morgan fingerprint density at radius 2 is 2.24 bits per heavy atom. The van der Waals surface area contributed by atoms with Crippen LogP contribution < -0.4 is 10.2 Å². The molecule has 0 saturated carbocycles. The minimum Gasteiger partial charge on any atom is -0.347 e. The molecule has 0 amide bonds. The zero-order valence-electron chi connectivity index (χ0n) is 12.8. The van der Waals surface area contributed by atoms with E-state index >= 15 is 0 Å². The Morgan fingerprint density at radius 1 is 1.43 bits per heavy atom. The van der Waals surface area contributed by atoms with E-state index in [1.165, 1.54) is 10.9 Å². The summed E-state index contributed by atoms with van der Waals surface area (Å²) in [4.78, 5) is 7.75. The van der Waals surface area contributed by atoms with Crippen molar-refractivity contribution in [1.29, 1.82) is 0 Å². The van der Waals surface area contributed by atoms with Gasteiger partial charge in [0.2, 0.25) is 0 Å². The summed E-state index contributed by atoms with van der Waals surface area (Å²) in [6, 6.07) is 7.02. The van der Waals surface area contributed by atoms with Gasteiger partial charge >= 0.3 is 0 Å². The van der Waals surface area contributed by atoms with E-state index in [1.54, 1.807) is 23.5 Å². The Hall–Kier alpha value is -1.46. The molecule has 0 radical (unpaired) electrons. The molecule has 1 aromatic carbocycles. The van der Waals surface area contributed by atoms with E-state index in [0.717, 1.165) is 23.7 Å². The van der Waals surface area contributed by atoms with Crippen LogP contribution in [0.25, 0.3) is 0 Å². The van der Waals surface area contributed by atoms with Crippen LogP contribution in [0.4, 0.5) is 9.52 Å². The molecule has 1 aromatic heterocycles. The number of thiazole rings is 1. The predicted octanol–water partition coefficient (Wildman–Crippen LogP) is 3.98. The van der Waals surface area contributed by atoms with Gasteiger partial charge in [-0.2, -0.15) is 0 Å². The van der Waals surface area contributed by atoms with Crippen molar-refractivity contribution in [3.8, 4) is 0 Å². The van der Waals surface area contributed by atoms with Gasteiger partial charge in [0.25, 0.3) is 0 Å². The number of hydrogen-bond acceptors (Lipinski definition) is 4. The Morgan fingerprint density at radius 3 is 2.95 bits per heavy atom. The maximum absolute atomic E-state index is 13.2. The zero-order valence-corrected chi connectivity index (χ0v) is 13.6. The van der Waals surface area contributed by atoms with Gasteiger partial charge in [0.1, 0.15) is 5.82 Å². The molecule has 0 bridgehead atoms. The molecule has 1 N–H and O–H groups in total. The first-order chi connectivity index (χ1) is 10.1. The van der Waals surface area contributed by atoms with Crippen LogP contribution in [0.2, 0.25) is 0 Å². The molecule has 0 aliphatic heterocycles. The van der Waals surface area contributed by atoms with Crippen molar-refractivity contribution in [2.75, 3.05) is 18.5 Å². The standard InChI is InChI=1S/C16H22FN3S/c1-4-8-18-12(2)15-10-19-16(21-15)20(3)11-13-6-5-7-14(17)9-13/h5-7,9-10,12,18H,4,8,11H2,1-3H3. The highest BCUT2D eigenvalue weighted by Gasteiger charge is 2.12. The summed E-state index contributed by atoms with van der Waals surface area (Å²) in [5.41, 5.74) is 0.950. The van der Waals surface area contributed by atoms with E-state index in [1.807, 2.05) is 19.3 Å². The minimum absolute atomic E-state index is 0.196. The van der Waals surface area contributed by atoms with Crippen LogP contribution in [0.1, 0.15) is 36.8 Å². The van der Waals surface area contributed by atoms with Gasteiger partial charge in [-0.25, -0.2) is 9.37 Å². The second-order valence-corrected chi connectivity index (χ2v) is 6.25. The summed E-state index contributed by atoms with van der Waals surface area (Å²) < 4.78 is 13.2. The van der Waals surface area contributed by atoms with Crippen LogP contribution in [0.3, 0.4) is 0 Å². The normalized spacial score (nSPS) is 12.4. The number of rotatable bonds is 7. The van der Waals surface area contributed by atoms with Crippen molar-refractivity contribution < 1.29 is 4.39 Å². The number of benzene rings is 1. The van der Waals surface area contributed by atoms with Crippen molar-refractivity contribution >= 4 is 16.5 Å². The quantitative estimate of drug-likeness (QED) is 0.838. The van der Waals surface area contributed by atoms with Gasteiger partial charge in [0, 0.05) is 30.7 Å². The van der Waals surface area contributed by atoms with Crippen LogP contribution in [0.5, 0.6) is 0 Å². The molecule has 1 atom stereocenters. The average Bonchev–Trinajstić information content (AvgIpc) is 2.94. The van der Waals surface area contributed by atoms with Gasteiger partial charge in [-0.05, 0) is 37.6 Å². The summed E-state index contributed by atoms with van der Waals surface area (Å²) in [5, 5.41) is 4.42. The zero-order chi connectivity index (χ0) is 15.2. The fourth-order valence-corrected chi connectivity index (χ4v) is 2.99. The monoisotopic (exact) mass is 307 g/mol. The molecular formula is C16H22FN3S. The molecular weight excluding hydrogens is 285 g/mol. The highest BCUT2D eigenvalue weighted by Crippen LogP contribution is 2.27. The second-order valence-electron chi connectivity index (χ2n) is 5.21. The number of hydrogen-bond donors (Lipinski definition) is 1. The van der Waals surface area contributed by atoms with Gasteiger partial charge in [0.05, 0.1) is 0 Å². The van der Waals surface area contributed by atoms with Gasteiger partial charge in [0.15, 0.2) is 5.13 Å². The van der Waals surface area contributed by atoms with E-state index in [4.69, 9.17) is 0 Å². The largest absolute Gasteiger partial charge is 0.347 e. The number of aromatic nitrogens is 1. The average molecular weight is 307 g/mol. The topological polar surface area (TPSA) is 28.2 Å². The highest BCUT2D eigenvalue weighted by atomic mass is 32.1. The lowest BCUT2D eigenvalue weighted by atomic mass is 10.2. The van der Waals surface area contributed by atoms with E-state index in [0.29, 0.717) is 12.6 Å². The number of nitrogens with zero attached hydrogens (tertiary/aromatic N) is 2. The van der Waals surface area contributed by atoms with Crippen LogP contribution in [0.15, 0.2) is 30.5 Å². The second kappa shape index (κ2) is 7.52. The third-order valence-corrected chi connectivity index (χ3v) is 4.57. The first-order valence-electron chi connectivity index (χ1n) is 7.25. The lowest BCUT2D eigenvalue weighted by Crippen LogP contribution is -2.18. The fraction of sp³-hybridized carbons (Fsp3) is 0.438. The minimum atomic E-state index is -0.196. The first kappa shape index (κ1) is 15.9. The summed E-state index contributed by atoms with van der Waals surface area (Å²) >= 11 is 1.68. The molecule has 0 saturated heterocycles. The van der Waals surface area contributed by atoms with Crippen LogP contribution in [0, 0.1) is 5.82 Å². The lowest BCUT2D eigenvalue weighted by molar-refractivity contribution is 0.577. The lowest BCUT2D eigenvalue weighted by Gasteiger charge is -2.16. The molecule has 0 aliphatic rings. The van der Waals surface area contributed by atoms with E-state index in [9.17, 15) is 4.39 Å². The molecule has 5 heteroatoms. The summed E-state index contributed by atoms with van der Waals surface area (Å²) in [6.07, 6.45) is 3.05. The molecule has 0 spiro atoms. The number of nitrogens with one attached hydrogen (secondary N) is 1. The van der Waals surface area contributed by atoms with E-state index < -0.39 is 0 Å². The molecule has 114 valence electrons. The van der Waals surface area contributed by atoms with Gasteiger partial charge < -0.3 is 10.2 Å². The van der Waals surface area contributed by atoms with Crippen molar-refractivity contribution in [3.63, 3.8) is 0 Å². The Kier molecular flexibility index (Phi) is 5.70. The van der Waals surface area contributed by atoms with Crippen molar-refractivity contribution in [1.82, 2.24) is 10.3 Å². The van der Waals surface area contributed by atoms with Gasteiger partial charge in [-0.3, -0.25) is 0 Å². The van der Waals surface area contributed by atoms with Crippen LogP contribution in [-0.2, 0) is 6.54 Å². The van der Waals surface area contributed by atoms with Crippen molar-refractivity contribution in [2.45, 2.75) is 32.9 Å². The number of anilines is 1. The highest BCUT2D eigenvalue weighted by molar-refractivity contribution is 7.15. The van der Waals surface area contributed by atoms with Gasteiger partial charge in [-0.15, -0.1) is 11.3 Å². The van der Waals surface area contributed by atoms with Crippen LogP contribution in [-0.4, -0.2) is 18.6 Å². The molecule has 21 heavy (non-hydrogen) atoms. The Bertz CT molecular complexity index is 570. The molecule has 2 rings (SSSR count). The maximum Gasteiger partial charge on any atom is 0.185 e. The Balaban J connectivity index is 2.00. The predicted molar refractivity (Wildman–Crippen MR) is 87.3 cm³/mol. The van der Waals surface area contributed by atoms with Crippen LogP contribution >= 0.6 is 11.3 Å². The SMILES string of the molecule is CCCNC(C)c1cnc(N(C)Cc2cccc(F)c2)s1. The molecule has 0 aliphatic carbocycles. The molecule has 2 aromatic rings. The molecule has 1 heterocycles. The Labute approximate surface area is 129 Å². The smallest absolute Gasteiger partial charge is 0.185 e. The maximum atomic E-state index is 13.2. The molecule has 1 unspecified atom stereocenters. The molecule has 3 nitrogen and oxygen atoms in total. The third-order valence-electron chi connectivity index (χ3n) is 3.27. The first-order valence-corrected chi connectivity index (χ1v) is 8.06. The summed E-state index contributed by atoms with van der Waals surface area (Å²) in [5.74, 6) is -0.196. The van der Waals surface area contributed by atoms with Gasteiger partial charge in [-0.1, -0.05) is 19.1 Å². The number of halogens is 1. The van der Waals surface area contributed by atoms with E-state index in [2.05, 4.69) is 29.0 Å². The summed E-state index contributed by atoms with van der Waals surface area (Å²) in [6.45, 7) is 5.97. The van der Waals surface area contributed by atoms with Crippen molar-refractivity contribution in [2.24, 2.45) is 0 Å². The molecule has 0 fully saturated rings. The van der Waals surface area contributed by atoms with Crippen molar-refractivity contribution in [3.05, 3.63) is 46.7 Å².